The van der Waals surface area contributed by atoms with Crippen molar-refractivity contribution in [1.29, 1.82) is 0 Å². The lowest BCUT2D eigenvalue weighted by atomic mass is 10.1. The van der Waals surface area contributed by atoms with Gasteiger partial charge in [-0.1, -0.05) is 35.3 Å². The zero-order valence-corrected chi connectivity index (χ0v) is 13.4. The number of amides is 1. The summed E-state index contributed by atoms with van der Waals surface area (Å²) in [5.41, 5.74) is 7.15. The smallest absolute Gasteiger partial charge is 0.397 e. The third-order valence-corrected chi connectivity index (χ3v) is 3.63. The van der Waals surface area contributed by atoms with Gasteiger partial charge in [0.25, 0.3) is 5.91 Å². The minimum atomic E-state index is -4.58. The van der Waals surface area contributed by atoms with E-state index in [4.69, 9.17) is 28.9 Å². The predicted molar refractivity (Wildman–Crippen MR) is 87.4 cm³/mol. The van der Waals surface area contributed by atoms with Gasteiger partial charge >= 0.3 is 6.18 Å². The molecular formula is C15H10Cl2F3N3O. The number of alkyl halides is 3. The van der Waals surface area contributed by atoms with Crippen LogP contribution < -0.4 is 11.2 Å². The maximum atomic E-state index is 12.8. The lowest BCUT2D eigenvalue weighted by Crippen LogP contribution is -2.19. The number of hydrogen-bond acceptors (Lipinski definition) is 3. The first-order valence-electron chi connectivity index (χ1n) is 6.44. The first-order chi connectivity index (χ1) is 11.2. The molecule has 3 N–H and O–H groups in total. The maximum Gasteiger partial charge on any atom is 0.417 e. The SMILES string of the molecule is Nc1c(Cl)cccc1C(=O)N/N=C/c1ccc(Cl)c(C(F)(F)F)c1. The number of nitrogens with zero attached hydrogens (tertiary/aromatic N) is 1. The first kappa shape index (κ1) is 18.1. The van der Waals surface area contributed by atoms with Crippen LogP contribution in [0.1, 0.15) is 21.5 Å². The van der Waals surface area contributed by atoms with Crippen LogP contribution in [0.4, 0.5) is 18.9 Å². The minimum absolute atomic E-state index is 0.0812. The number of para-hydroxylation sites is 1. The van der Waals surface area contributed by atoms with Gasteiger partial charge in [-0.15, -0.1) is 0 Å². The Bertz CT molecular complexity index is 807. The molecule has 9 heteroatoms. The molecule has 1 amide bonds. The summed E-state index contributed by atoms with van der Waals surface area (Å²) in [4.78, 5) is 11.9. The number of carbonyl (C=O) groups is 1. The molecule has 0 aliphatic heterocycles. The van der Waals surface area contributed by atoms with Crippen molar-refractivity contribution in [3.8, 4) is 0 Å². The molecule has 0 bridgehead atoms. The Morgan fingerprint density at radius 3 is 2.54 bits per heavy atom. The summed E-state index contributed by atoms with van der Waals surface area (Å²) in [6, 6.07) is 7.75. The maximum absolute atomic E-state index is 12.8. The fourth-order valence-electron chi connectivity index (χ4n) is 1.80. The summed E-state index contributed by atoms with van der Waals surface area (Å²) in [5.74, 6) is -0.642. The molecule has 0 saturated carbocycles. The standard InChI is InChI=1S/C15H10Cl2F3N3O/c16-11-5-4-8(6-10(11)15(18,19)20)7-22-23-14(24)9-2-1-3-12(17)13(9)21/h1-7H,21H2,(H,23,24)/b22-7+. The van der Waals surface area contributed by atoms with Crippen molar-refractivity contribution >= 4 is 41.0 Å². The molecule has 0 radical (unpaired) electrons. The quantitative estimate of drug-likeness (QED) is 0.475. The Morgan fingerprint density at radius 2 is 1.88 bits per heavy atom. The summed E-state index contributed by atoms with van der Waals surface area (Å²) in [7, 11) is 0. The molecule has 0 fully saturated rings. The van der Waals surface area contributed by atoms with E-state index in [1.807, 2.05) is 0 Å². The second kappa shape index (κ2) is 7.11. The molecule has 4 nitrogen and oxygen atoms in total. The van der Waals surface area contributed by atoms with E-state index >= 15 is 0 Å². The number of benzene rings is 2. The molecule has 0 unspecified atom stereocenters. The summed E-state index contributed by atoms with van der Waals surface area (Å²) >= 11 is 11.3. The van der Waals surface area contributed by atoms with Gasteiger partial charge in [-0.2, -0.15) is 18.3 Å². The minimum Gasteiger partial charge on any atom is -0.397 e. The molecule has 0 atom stereocenters. The van der Waals surface area contributed by atoms with Gasteiger partial charge in [-0.3, -0.25) is 4.79 Å². The van der Waals surface area contributed by atoms with Gasteiger partial charge in [0.1, 0.15) is 0 Å². The van der Waals surface area contributed by atoms with Gasteiger partial charge in [-0.25, -0.2) is 5.43 Å². The molecule has 0 aromatic heterocycles. The second-order valence-corrected chi connectivity index (χ2v) is 5.45. The number of nitrogens with one attached hydrogen (secondary N) is 1. The van der Waals surface area contributed by atoms with Crippen LogP contribution in [-0.2, 0) is 6.18 Å². The number of carbonyl (C=O) groups excluding carboxylic acids is 1. The van der Waals surface area contributed by atoms with Gasteiger partial charge in [0.05, 0.1) is 33.1 Å². The van der Waals surface area contributed by atoms with E-state index < -0.39 is 22.7 Å². The van der Waals surface area contributed by atoms with Crippen molar-refractivity contribution in [3.63, 3.8) is 0 Å². The Hall–Kier alpha value is -2.25. The Balaban J connectivity index is 2.15. The van der Waals surface area contributed by atoms with Crippen LogP contribution in [0, 0.1) is 0 Å². The Morgan fingerprint density at radius 1 is 1.17 bits per heavy atom. The van der Waals surface area contributed by atoms with Crippen LogP contribution >= 0.6 is 23.2 Å². The lowest BCUT2D eigenvalue weighted by molar-refractivity contribution is -0.137. The van der Waals surface area contributed by atoms with Gasteiger partial charge in [0.15, 0.2) is 0 Å². The van der Waals surface area contributed by atoms with Crippen LogP contribution in [0.15, 0.2) is 41.5 Å². The average molecular weight is 376 g/mol. The number of anilines is 1. The molecule has 0 aliphatic rings. The highest BCUT2D eigenvalue weighted by Crippen LogP contribution is 2.34. The third kappa shape index (κ3) is 4.18. The zero-order valence-electron chi connectivity index (χ0n) is 11.9. The fourth-order valence-corrected chi connectivity index (χ4v) is 2.20. The number of hydrazone groups is 1. The van der Waals surface area contributed by atoms with Gasteiger partial charge in [0.2, 0.25) is 0 Å². The molecule has 0 saturated heterocycles. The van der Waals surface area contributed by atoms with Gasteiger partial charge in [0, 0.05) is 0 Å². The van der Waals surface area contributed by atoms with Crippen LogP contribution in [0.3, 0.4) is 0 Å². The van der Waals surface area contributed by atoms with Crippen molar-refractivity contribution in [3.05, 3.63) is 63.1 Å². The summed E-state index contributed by atoms with van der Waals surface area (Å²) in [5, 5.41) is 3.39. The number of nitrogens with two attached hydrogens (primary N) is 1. The van der Waals surface area contributed by atoms with Gasteiger partial charge in [-0.05, 0) is 29.8 Å². The van der Waals surface area contributed by atoms with Crippen LogP contribution in [0.2, 0.25) is 10.0 Å². The number of halogens is 5. The molecular weight excluding hydrogens is 366 g/mol. The predicted octanol–water partition coefficient (Wildman–Crippen LogP) is 4.36. The molecule has 0 heterocycles. The summed E-state index contributed by atoms with van der Waals surface area (Å²) in [6.07, 6.45) is -3.52. The third-order valence-electron chi connectivity index (χ3n) is 2.97. The van der Waals surface area contributed by atoms with Crippen molar-refractivity contribution in [2.75, 3.05) is 5.73 Å². The molecule has 0 spiro atoms. The largest absolute Gasteiger partial charge is 0.417 e. The first-order valence-corrected chi connectivity index (χ1v) is 7.20. The van der Waals surface area contributed by atoms with Crippen molar-refractivity contribution in [2.45, 2.75) is 6.18 Å². The fraction of sp³-hybridized carbons (Fsp3) is 0.0667. The number of hydrogen-bond donors (Lipinski definition) is 2. The van der Waals surface area contributed by atoms with E-state index in [9.17, 15) is 18.0 Å². The van der Waals surface area contributed by atoms with E-state index in [1.54, 1.807) is 0 Å². The molecule has 24 heavy (non-hydrogen) atoms. The van der Waals surface area contributed by atoms with E-state index in [1.165, 1.54) is 24.3 Å². The van der Waals surface area contributed by atoms with Crippen molar-refractivity contribution in [1.82, 2.24) is 5.43 Å². The van der Waals surface area contributed by atoms with E-state index in [0.717, 1.165) is 18.3 Å². The van der Waals surface area contributed by atoms with E-state index in [2.05, 4.69) is 10.5 Å². The normalized spacial score (nSPS) is 11.7. The second-order valence-electron chi connectivity index (χ2n) is 4.64. The topological polar surface area (TPSA) is 67.5 Å². The molecule has 2 aromatic rings. The van der Waals surface area contributed by atoms with Crippen LogP contribution in [0.25, 0.3) is 0 Å². The van der Waals surface area contributed by atoms with E-state index in [0.29, 0.717) is 0 Å². The van der Waals surface area contributed by atoms with Crippen molar-refractivity contribution in [2.24, 2.45) is 5.10 Å². The summed E-state index contributed by atoms with van der Waals surface area (Å²) in [6.45, 7) is 0. The molecule has 0 aliphatic carbocycles. The van der Waals surface area contributed by atoms with Crippen molar-refractivity contribution < 1.29 is 18.0 Å². The molecule has 126 valence electrons. The van der Waals surface area contributed by atoms with Crippen LogP contribution in [-0.4, -0.2) is 12.1 Å². The number of rotatable bonds is 3. The Kier molecular flexibility index (Phi) is 5.36. The van der Waals surface area contributed by atoms with Crippen LogP contribution in [0.5, 0.6) is 0 Å². The molecule has 2 rings (SSSR count). The average Bonchev–Trinajstić information content (AvgIpc) is 2.50. The Labute approximate surface area is 145 Å². The highest BCUT2D eigenvalue weighted by molar-refractivity contribution is 6.34. The highest BCUT2D eigenvalue weighted by atomic mass is 35.5. The number of nitrogen functional groups attached to an aromatic ring is 1. The summed E-state index contributed by atoms with van der Waals surface area (Å²) < 4.78 is 38.3. The highest BCUT2D eigenvalue weighted by Gasteiger charge is 2.33. The molecule has 2 aromatic carbocycles. The van der Waals surface area contributed by atoms with Gasteiger partial charge < -0.3 is 5.73 Å². The van der Waals surface area contributed by atoms with E-state index in [-0.39, 0.29) is 21.8 Å². The monoisotopic (exact) mass is 375 g/mol. The zero-order chi connectivity index (χ0) is 17.9. The lowest BCUT2D eigenvalue weighted by Gasteiger charge is -2.09.